The molecule has 1 heterocycles. The van der Waals surface area contributed by atoms with Crippen molar-refractivity contribution in [3.63, 3.8) is 0 Å². The SMILES string of the molecule is CCCN(CC(=O)Nc1ccccc1C)C(=O)CN1CCCCC1CC. The van der Waals surface area contributed by atoms with Crippen LogP contribution in [-0.2, 0) is 9.59 Å². The number of likely N-dealkylation sites (tertiary alicyclic amines) is 1. The number of hydrogen-bond donors (Lipinski definition) is 1. The minimum atomic E-state index is -0.133. The van der Waals surface area contributed by atoms with Crippen molar-refractivity contribution in [2.45, 2.75) is 58.9 Å². The highest BCUT2D eigenvalue weighted by Crippen LogP contribution is 2.19. The van der Waals surface area contributed by atoms with Crippen LogP contribution in [0.2, 0.25) is 0 Å². The quantitative estimate of drug-likeness (QED) is 0.774. The molecule has 5 heteroatoms. The van der Waals surface area contributed by atoms with Crippen LogP contribution in [0.5, 0.6) is 0 Å². The number of amides is 2. The van der Waals surface area contributed by atoms with Gasteiger partial charge in [-0.15, -0.1) is 0 Å². The maximum absolute atomic E-state index is 12.8. The topological polar surface area (TPSA) is 52.7 Å². The minimum Gasteiger partial charge on any atom is -0.332 e. The van der Waals surface area contributed by atoms with E-state index < -0.39 is 0 Å². The van der Waals surface area contributed by atoms with Crippen molar-refractivity contribution < 1.29 is 9.59 Å². The maximum atomic E-state index is 12.8. The Labute approximate surface area is 157 Å². The van der Waals surface area contributed by atoms with E-state index in [9.17, 15) is 9.59 Å². The Kier molecular flexibility index (Phi) is 8.10. The van der Waals surface area contributed by atoms with E-state index in [-0.39, 0.29) is 18.4 Å². The van der Waals surface area contributed by atoms with Gasteiger partial charge in [0.15, 0.2) is 0 Å². The van der Waals surface area contributed by atoms with Crippen LogP contribution in [0.15, 0.2) is 24.3 Å². The normalized spacial score (nSPS) is 17.7. The molecule has 1 N–H and O–H groups in total. The molecule has 2 amide bonds. The first-order valence-corrected chi connectivity index (χ1v) is 9.92. The molecular weight excluding hydrogens is 326 g/mol. The van der Waals surface area contributed by atoms with E-state index in [0.29, 0.717) is 19.1 Å². The highest BCUT2D eigenvalue weighted by Gasteiger charge is 2.25. The number of rotatable bonds is 8. The second-order valence-corrected chi connectivity index (χ2v) is 7.21. The minimum absolute atomic E-state index is 0.0622. The molecule has 0 saturated carbocycles. The van der Waals surface area contributed by atoms with Gasteiger partial charge in [0.05, 0.1) is 13.1 Å². The molecule has 0 aromatic heterocycles. The van der Waals surface area contributed by atoms with Crippen LogP contribution in [0.4, 0.5) is 5.69 Å². The van der Waals surface area contributed by atoms with E-state index in [1.165, 1.54) is 12.8 Å². The van der Waals surface area contributed by atoms with Gasteiger partial charge in [0, 0.05) is 18.3 Å². The predicted octanol–water partition coefficient (Wildman–Crippen LogP) is 3.44. The van der Waals surface area contributed by atoms with Crippen molar-refractivity contribution in [3.8, 4) is 0 Å². The Morgan fingerprint density at radius 2 is 2.00 bits per heavy atom. The van der Waals surface area contributed by atoms with Crippen molar-refractivity contribution >= 4 is 17.5 Å². The first-order chi connectivity index (χ1) is 12.5. The summed E-state index contributed by atoms with van der Waals surface area (Å²) in [4.78, 5) is 29.3. The Bertz CT molecular complexity index is 603. The van der Waals surface area contributed by atoms with Gasteiger partial charge in [-0.25, -0.2) is 0 Å². The van der Waals surface area contributed by atoms with E-state index in [1.54, 1.807) is 4.90 Å². The van der Waals surface area contributed by atoms with Crippen molar-refractivity contribution in [1.82, 2.24) is 9.80 Å². The van der Waals surface area contributed by atoms with E-state index in [4.69, 9.17) is 0 Å². The van der Waals surface area contributed by atoms with Crippen LogP contribution < -0.4 is 5.32 Å². The molecule has 0 bridgehead atoms. The molecule has 0 radical (unpaired) electrons. The fraction of sp³-hybridized carbons (Fsp3) is 0.619. The molecule has 1 aliphatic rings. The van der Waals surface area contributed by atoms with Crippen LogP contribution in [0.1, 0.15) is 51.5 Å². The second kappa shape index (κ2) is 10.3. The fourth-order valence-corrected chi connectivity index (χ4v) is 3.64. The van der Waals surface area contributed by atoms with Gasteiger partial charge in [-0.1, -0.05) is 38.5 Å². The molecule has 2 rings (SSSR count). The van der Waals surface area contributed by atoms with Gasteiger partial charge in [-0.3, -0.25) is 14.5 Å². The van der Waals surface area contributed by atoms with Gasteiger partial charge >= 0.3 is 0 Å². The lowest BCUT2D eigenvalue weighted by atomic mass is 10.00. The Hall–Kier alpha value is -1.88. The first kappa shape index (κ1) is 20.4. The molecule has 1 fully saturated rings. The molecule has 1 aromatic rings. The molecule has 1 aliphatic heterocycles. The number of carbonyl (C=O) groups is 2. The Morgan fingerprint density at radius 3 is 2.69 bits per heavy atom. The number of benzene rings is 1. The first-order valence-electron chi connectivity index (χ1n) is 9.92. The summed E-state index contributed by atoms with van der Waals surface area (Å²) in [5, 5.41) is 2.93. The van der Waals surface area contributed by atoms with Gasteiger partial charge in [-0.2, -0.15) is 0 Å². The van der Waals surface area contributed by atoms with Crippen LogP contribution in [0.3, 0.4) is 0 Å². The summed E-state index contributed by atoms with van der Waals surface area (Å²) in [6.07, 6.45) is 5.51. The number of hydrogen-bond acceptors (Lipinski definition) is 3. The van der Waals surface area contributed by atoms with Crippen LogP contribution in [-0.4, -0.2) is 53.8 Å². The molecule has 144 valence electrons. The lowest BCUT2D eigenvalue weighted by Gasteiger charge is -2.36. The number of piperidine rings is 1. The van der Waals surface area contributed by atoms with Gasteiger partial charge in [-0.05, 0) is 50.8 Å². The smallest absolute Gasteiger partial charge is 0.244 e. The van der Waals surface area contributed by atoms with Gasteiger partial charge in [0.1, 0.15) is 0 Å². The number of anilines is 1. The standard InChI is InChI=1S/C21H33N3O2/c1-4-13-24(15-20(25)22-19-12-7-6-10-17(19)3)21(26)16-23-14-9-8-11-18(23)5-2/h6-7,10,12,18H,4-5,8-9,11,13-16H2,1-3H3,(H,22,25). The summed E-state index contributed by atoms with van der Waals surface area (Å²) in [6, 6.07) is 8.20. The molecule has 1 saturated heterocycles. The van der Waals surface area contributed by atoms with Crippen LogP contribution in [0, 0.1) is 6.92 Å². The highest BCUT2D eigenvalue weighted by molar-refractivity contribution is 5.95. The number of aryl methyl sites for hydroxylation is 1. The highest BCUT2D eigenvalue weighted by atomic mass is 16.2. The van der Waals surface area contributed by atoms with Crippen LogP contribution in [0.25, 0.3) is 0 Å². The summed E-state index contributed by atoms with van der Waals surface area (Å²) >= 11 is 0. The maximum Gasteiger partial charge on any atom is 0.244 e. The zero-order valence-electron chi connectivity index (χ0n) is 16.5. The second-order valence-electron chi connectivity index (χ2n) is 7.21. The third kappa shape index (κ3) is 5.84. The summed E-state index contributed by atoms with van der Waals surface area (Å²) in [6.45, 7) is 8.33. The molecule has 1 unspecified atom stereocenters. The number of nitrogens with one attached hydrogen (secondary N) is 1. The van der Waals surface area contributed by atoms with E-state index in [2.05, 4.69) is 17.1 Å². The Morgan fingerprint density at radius 1 is 1.23 bits per heavy atom. The predicted molar refractivity (Wildman–Crippen MR) is 106 cm³/mol. The zero-order valence-corrected chi connectivity index (χ0v) is 16.5. The lowest BCUT2D eigenvalue weighted by molar-refractivity contribution is -0.136. The Balaban J connectivity index is 1.95. The van der Waals surface area contributed by atoms with Crippen molar-refractivity contribution in [1.29, 1.82) is 0 Å². The van der Waals surface area contributed by atoms with Crippen molar-refractivity contribution in [3.05, 3.63) is 29.8 Å². The monoisotopic (exact) mass is 359 g/mol. The molecule has 0 aliphatic carbocycles. The van der Waals surface area contributed by atoms with Gasteiger partial charge < -0.3 is 10.2 Å². The summed E-state index contributed by atoms with van der Waals surface area (Å²) in [7, 11) is 0. The summed E-state index contributed by atoms with van der Waals surface area (Å²) in [5.74, 6) is -0.0704. The molecule has 5 nitrogen and oxygen atoms in total. The zero-order chi connectivity index (χ0) is 18.9. The van der Waals surface area contributed by atoms with Gasteiger partial charge in [0.2, 0.25) is 11.8 Å². The fourth-order valence-electron chi connectivity index (χ4n) is 3.64. The van der Waals surface area contributed by atoms with E-state index >= 15 is 0 Å². The van der Waals surface area contributed by atoms with E-state index in [0.717, 1.165) is 37.1 Å². The molecule has 1 atom stereocenters. The third-order valence-corrected chi connectivity index (χ3v) is 5.16. The summed E-state index contributed by atoms with van der Waals surface area (Å²) in [5.41, 5.74) is 1.83. The van der Waals surface area contributed by atoms with E-state index in [1.807, 2.05) is 38.1 Å². The molecule has 1 aromatic carbocycles. The number of carbonyl (C=O) groups excluding carboxylic acids is 2. The van der Waals surface area contributed by atoms with Crippen molar-refractivity contribution in [2.75, 3.05) is 31.5 Å². The molecule has 0 spiro atoms. The molecular formula is C21H33N3O2. The molecule has 26 heavy (non-hydrogen) atoms. The number of para-hydroxylation sites is 1. The average Bonchev–Trinajstić information content (AvgIpc) is 2.63. The van der Waals surface area contributed by atoms with Crippen molar-refractivity contribution in [2.24, 2.45) is 0 Å². The third-order valence-electron chi connectivity index (χ3n) is 5.16. The average molecular weight is 360 g/mol. The number of nitrogens with zero attached hydrogens (tertiary/aromatic N) is 2. The van der Waals surface area contributed by atoms with Crippen LogP contribution >= 0.6 is 0 Å². The summed E-state index contributed by atoms with van der Waals surface area (Å²) < 4.78 is 0. The largest absolute Gasteiger partial charge is 0.332 e. The van der Waals surface area contributed by atoms with Gasteiger partial charge in [0.25, 0.3) is 0 Å². The lowest BCUT2D eigenvalue weighted by Crippen LogP contribution is -2.48.